The number of benzene rings is 3. The Kier molecular flexibility index (Phi) is 12.4. The first-order valence-corrected chi connectivity index (χ1v) is 19.6. The maximum atomic E-state index is 17.3. The van der Waals surface area contributed by atoms with Gasteiger partial charge in [0.1, 0.15) is 47.2 Å². The zero-order valence-corrected chi connectivity index (χ0v) is 34.1. The number of carbonyl (C=O) groups is 1. The molecule has 5 aromatic rings. The predicted octanol–water partition coefficient (Wildman–Crippen LogP) is 8.13. The van der Waals surface area contributed by atoms with Crippen molar-refractivity contribution in [2.75, 3.05) is 63.9 Å². The van der Waals surface area contributed by atoms with Gasteiger partial charge in [-0.3, -0.25) is 4.90 Å². The quantitative estimate of drug-likeness (QED) is 0.123. The fourth-order valence-corrected chi connectivity index (χ4v) is 7.96. The monoisotopic (exact) mass is 853 g/mol. The van der Waals surface area contributed by atoms with E-state index in [1.807, 2.05) is 0 Å². The number of likely N-dealkylation sites (tertiary alicyclic amines) is 1. The summed E-state index contributed by atoms with van der Waals surface area (Å²) >= 11 is 0. The van der Waals surface area contributed by atoms with Gasteiger partial charge in [-0.15, -0.1) is 0 Å². The molecule has 1 N–H and O–H groups in total. The highest BCUT2D eigenvalue weighted by Crippen LogP contribution is 2.44. The zero-order chi connectivity index (χ0) is 43.7. The molecule has 324 valence electrons. The molecule has 12 nitrogen and oxygen atoms in total. The van der Waals surface area contributed by atoms with Crippen molar-refractivity contribution in [1.29, 1.82) is 0 Å². The fraction of sp³-hybridized carbons (Fsp3) is 0.395. The van der Waals surface area contributed by atoms with Crippen molar-refractivity contribution >= 4 is 28.6 Å². The summed E-state index contributed by atoms with van der Waals surface area (Å²) in [5.74, 6) is -1.60. The highest BCUT2D eigenvalue weighted by molar-refractivity contribution is 5.94. The number of alkyl halides is 4. The normalized spacial score (nSPS) is 18.4. The van der Waals surface area contributed by atoms with Crippen LogP contribution in [0.15, 0.2) is 60.7 Å². The van der Waals surface area contributed by atoms with Crippen LogP contribution in [0, 0.1) is 18.6 Å². The minimum absolute atomic E-state index is 0.00964. The third-order valence-electron chi connectivity index (χ3n) is 11.2. The number of methoxy groups -OCH3 is 2. The van der Waals surface area contributed by atoms with Crippen molar-refractivity contribution in [3.05, 3.63) is 94.6 Å². The minimum atomic E-state index is -5.10. The molecule has 18 heteroatoms. The van der Waals surface area contributed by atoms with Crippen LogP contribution in [0.5, 0.6) is 17.5 Å². The van der Waals surface area contributed by atoms with Crippen molar-refractivity contribution in [1.82, 2.24) is 24.8 Å². The molecule has 7 rings (SSSR count). The molecule has 2 aliphatic rings. The van der Waals surface area contributed by atoms with Crippen molar-refractivity contribution < 1.29 is 50.5 Å². The number of rotatable bonds is 12. The number of carboxylic acid groups (broad SMARTS) is 1. The average Bonchev–Trinajstić information content (AvgIpc) is 3.55. The van der Waals surface area contributed by atoms with Gasteiger partial charge in [-0.05, 0) is 80.4 Å². The van der Waals surface area contributed by atoms with E-state index in [0.717, 1.165) is 17.2 Å². The summed E-state index contributed by atoms with van der Waals surface area (Å²) in [5.41, 5.74) is -2.76. The van der Waals surface area contributed by atoms with Crippen molar-refractivity contribution in [3.63, 3.8) is 0 Å². The Morgan fingerprint density at radius 3 is 2.07 bits per heavy atom. The van der Waals surface area contributed by atoms with E-state index in [-0.39, 0.29) is 86.9 Å². The molecular formula is C43H45F6N7O5. The maximum Gasteiger partial charge on any atom is 0.418 e. The van der Waals surface area contributed by atoms with Crippen LogP contribution in [0.1, 0.15) is 35.6 Å². The first-order valence-electron chi connectivity index (χ1n) is 19.6. The molecule has 2 aromatic heterocycles. The van der Waals surface area contributed by atoms with Gasteiger partial charge in [-0.2, -0.15) is 23.1 Å². The molecule has 0 aliphatic carbocycles. The Labute approximate surface area is 348 Å². The lowest BCUT2D eigenvalue weighted by Gasteiger charge is -2.39. The van der Waals surface area contributed by atoms with Gasteiger partial charge in [0.15, 0.2) is 5.82 Å². The number of amides is 1. The third-order valence-corrected chi connectivity index (χ3v) is 11.2. The maximum absolute atomic E-state index is 17.3. The minimum Gasteiger partial charge on any atom is -0.497 e. The number of ether oxygens (including phenoxy) is 3. The average molecular weight is 854 g/mol. The Balaban J connectivity index is 1.39. The number of likely N-dealkylation sites (N-methyl/N-ethyl adjacent to an activating group) is 1. The predicted molar refractivity (Wildman–Crippen MR) is 216 cm³/mol. The Bertz CT molecular complexity index is 2340. The Morgan fingerprint density at radius 1 is 0.918 bits per heavy atom. The van der Waals surface area contributed by atoms with E-state index in [0.29, 0.717) is 11.5 Å². The highest BCUT2D eigenvalue weighted by Gasteiger charge is 2.40. The van der Waals surface area contributed by atoms with E-state index in [1.165, 1.54) is 32.1 Å². The lowest BCUT2D eigenvalue weighted by atomic mass is 9.98. The molecule has 2 aliphatic heterocycles. The van der Waals surface area contributed by atoms with Gasteiger partial charge in [0.25, 0.3) is 0 Å². The highest BCUT2D eigenvalue weighted by atomic mass is 19.4. The number of nitrogens with zero attached hydrogens (tertiary/aromatic N) is 7. The topological polar surface area (TPSA) is 117 Å². The second-order valence-corrected chi connectivity index (χ2v) is 15.4. The van der Waals surface area contributed by atoms with E-state index in [1.54, 1.807) is 77.2 Å². The van der Waals surface area contributed by atoms with Gasteiger partial charge < -0.3 is 34.0 Å². The number of aryl methyl sites for hydroxylation is 1. The summed E-state index contributed by atoms with van der Waals surface area (Å²) in [6, 6.07) is 14.9. The lowest BCUT2D eigenvalue weighted by Crippen LogP contribution is -2.53. The molecule has 4 heterocycles. The van der Waals surface area contributed by atoms with Crippen LogP contribution in [-0.4, -0.2) is 108 Å². The van der Waals surface area contributed by atoms with E-state index >= 15 is 22.0 Å². The van der Waals surface area contributed by atoms with Crippen molar-refractivity contribution in [2.24, 2.45) is 0 Å². The van der Waals surface area contributed by atoms with Gasteiger partial charge in [-0.25, -0.2) is 22.9 Å². The number of hydrogen-bond donors (Lipinski definition) is 1. The number of halogens is 6. The van der Waals surface area contributed by atoms with Crippen molar-refractivity contribution in [3.8, 4) is 28.8 Å². The van der Waals surface area contributed by atoms with Gasteiger partial charge in [-0.1, -0.05) is 24.3 Å². The summed E-state index contributed by atoms with van der Waals surface area (Å²) in [5, 5.41) is 9.45. The largest absolute Gasteiger partial charge is 0.497 e. The van der Waals surface area contributed by atoms with Gasteiger partial charge in [0.2, 0.25) is 0 Å². The number of piperazine rings is 1. The molecule has 2 fully saturated rings. The summed E-state index contributed by atoms with van der Waals surface area (Å²) < 4.78 is 110. The van der Waals surface area contributed by atoms with Gasteiger partial charge in [0, 0.05) is 56.7 Å². The molecule has 0 saturated carbocycles. The SMILES string of the molecule is COc1ccc(CN(Cc2ccc(OC)cc2)c2cc(C)c(C(F)(F)F)c(-c3c(F)cc4c(N5CCN(C(=O)O)C[C@@H]5C)nc(OC[C@@H]5C[C@@H](F)CN5C)nc4c3F)n2)cc1. The molecule has 61 heavy (non-hydrogen) atoms. The van der Waals surface area contributed by atoms with Crippen LogP contribution in [0.2, 0.25) is 0 Å². The van der Waals surface area contributed by atoms with Crippen LogP contribution in [-0.2, 0) is 19.3 Å². The third kappa shape index (κ3) is 9.18. The Morgan fingerprint density at radius 2 is 1.54 bits per heavy atom. The number of fused-ring (bicyclic) bond motifs is 1. The number of pyridine rings is 1. The summed E-state index contributed by atoms with van der Waals surface area (Å²) in [6.07, 6.45) is -7.18. The molecule has 1 amide bonds. The first kappa shape index (κ1) is 43.1. The molecule has 3 aromatic carbocycles. The second kappa shape index (κ2) is 17.5. The van der Waals surface area contributed by atoms with E-state index in [2.05, 4.69) is 15.0 Å². The summed E-state index contributed by atoms with van der Waals surface area (Å²) in [4.78, 5) is 31.3. The lowest BCUT2D eigenvalue weighted by molar-refractivity contribution is -0.137. The van der Waals surface area contributed by atoms with Gasteiger partial charge in [0.05, 0.1) is 31.0 Å². The molecular weight excluding hydrogens is 809 g/mol. The standard InChI is InChI=1S/C43H45F6N7O5/c1-24-16-34(55(20-26-6-10-30(59-4)11-7-26)21-27-8-12-31(60-5)13-9-27)50-39(36(24)43(47,48)49)35-33(45)18-32-38(37(35)46)51-41(61-23-29-17-28(44)22-53(29)3)52-40(32)56-15-14-54(42(57)58)19-25(56)2/h6-13,16,18,25,28-29H,14-15,17,19-23H2,1-5H3,(H,57,58)/t25-,28+,29-/m0/s1. The first-order chi connectivity index (χ1) is 29.0. The van der Waals surface area contributed by atoms with Crippen LogP contribution in [0.3, 0.4) is 0 Å². The number of aromatic nitrogens is 3. The van der Waals surface area contributed by atoms with Crippen LogP contribution >= 0.6 is 0 Å². The van der Waals surface area contributed by atoms with E-state index < -0.39 is 58.5 Å². The zero-order valence-electron chi connectivity index (χ0n) is 34.1. The van der Waals surface area contributed by atoms with Crippen LogP contribution in [0.4, 0.5) is 42.8 Å². The molecule has 2 saturated heterocycles. The van der Waals surface area contributed by atoms with E-state index in [4.69, 9.17) is 14.2 Å². The van der Waals surface area contributed by atoms with Gasteiger partial charge >= 0.3 is 18.3 Å². The second-order valence-electron chi connectivity index (χ2n) is 15.4. The summed E-state index contributed by atoms with van der Waals surface area (Å²) in [7, 11) is 4.76. The Hall–Kier alpha value is -6.04. The molecule has 0 unspecified atom stereocenters. The smallest absolute Gasteiger partial charge is 0.418 e. The van der Waals surface area contributed by atoms with E-state index in [9.17, 15) is 14.3 Å². The molecule has 0 bridgehead atoms. The fourth-order valence-electron chi connectivity index (χ4n) is 7.96. The van der Waals surface area contributed by atoms with Crippen LogP contribution in [0.25, 0.3) is 22.2 Å². The number of hydrogen-bond acceptors (Lipinski definition) is 10. The molecule has 3 atom stereocenters. The van der Waals surface area contributed by atoms with Crippen molar-refractivity contribution in [2.45, 2.75) is 57.8 Å². The molecule has 0 spiro atoms. The number of anilines is 2. The molecule has 0 radical (unpaired) electrons. The van der Waals surface area contributed by atoms with Crippen LogP contribution < -0.4 is 24.0 Å². The summed E-state index contributed by atoms with van der Waals surface area (Å²) in [6.45, 7) is 3.39.